The first-order valence-electron chi connectivity index (χ1n) is 9.77. The second kappa shape index (κ2) is 10.7. The Morgan fingerprint density at radius 1 is 1.09 bits per heavy atom. The van der Waals surface area contributed by atoms with Crippen molar-refractivity contribution in [2.75, 3.05) is 4.90 Å². The Morgan fingerprint density at radius 3 is 2.53 bits per heavy atom. The molecule has 1 fully saturated rings. The molecule has 0 atom stereocenters. The minimum atomic E-state index is -0.594. The maximum atomic E-state index is 13.2. The molecule has 3 aromatic carbocycles. The van der Waals surface area contributed by atoms with Crippen molar-refractivity contribution in [2.45, 2.75) is 6.61 Å². The van der Waals surface area contributed by atoms with Crippen LogP contribution in [0.25, 0.3) is 6.08 Å². The van der Waals surface area contributed by atoms with Gasteiger partial charge in [0, 0.05) is 4.47 Å². The third kappa shape index (κ3) is 5.46. The second-order valence-electron chi connectivity index (χ2n) is 7.14. The van der Waals surface area contributed by atoms with E-state index in [1.807, 2.05) is 30.3 Å². The van der Waals surface area contributed by atoms with Gasteiger partial charge in [0.2, 0.25) is 0 Å². The average molecular weight is 688 g/mol. The number of benzene rings is 3. The number of ether oxygens (including phenoxy) is 1. The molecule has 0 unspecified atom stereocenters. The lowest BCUT2D eigenvalue weighted by atomic mass is 10.1. The van der Waals surface area contributed by atoms with Crippen LogP contribution in [0.4, 0.5) is 5.69 Å². The molecule has 0 radical (unpaired) electrons. The highest BCUT2D eigenvalue weighted by Crippen LogP contribution is 2.34. The van der Waals surface area contributed by atoms with Crippen LogP contribution in [0, 0.1) is 3.57 Å². The summed E-state index contributed by atoms with van der Waals surface area (Å²) in [5, 5.41) is 2.91. The lowest BCUT2D eigenvalue weighted by Crippen LogP contribution is -2.54. The predicted molar refractivity (Wildman–Crippen MR) is 150 cm³/mol. The van der Waals surface area contributed by atoms with Crippen molar-refractivity contribution in [1.29, 1.82) is 0 Å². The van der Waals surface area contributed by atoms with Crippen LogP contribution in [0.1, 0.15) is 11.1 Å². The van der Waals surface area contributed by atoms with Crippen LogP contribution in [0.5, 0.6) is 5.75 Å². The van der Waals surface area contributed by atoms with Crippen LogP contribution in [-0.2, 0) is 16.2 Å². The van der Waals surface area contributed by atoms with E-state index < -0.39 is 11.8 Å². The summed E-state index contributed by atoms with van der Waals surface area (Å²) in [4.78, 5) is 27.0. The second-order valence-corrected chi connectivity index (χ2v) is 10.4. The fourth-order valence-corrected chi connectivity index (χ4v) is 4.79. The fourth-order valence-electron chi connectivity index (χ4n) is 3.17. The molecule has 34 heavy (non-hydrogen) atoms. The number of hydrogen-bond donors (Lipinski definition) is 1. The van der Waals surface area contributed by atoms with Gasteiger partial charge in [0.05, 0.1) is 19.3 Å². The van der Waals surface area contributed by atoms with Gasteiger partial charge in [0.25, 0.3) is 11.8 Å². The van der Waals surface area contributed by atoms with Crippen molar-refractivity contribution in [2.24, 2.45) is 0 Å². The number of carbonyl (C=O) groups excluding carboxylic acids is 2. The monoisotopic (exact) mass is 686 g/mol. The number of nitrogens with one attached hydrogen (secondary N) is 1. The highest BCUT2D eigenvalue weighted by Gasteiger charge is 2.35. The zero-order valence-corrected chi connectivity index (χ0v) is 23.2. The normalized spacial score (nSPS) is 15.0. The molecule has 0 bridgehead atoms. The summed E-state index contributed by atoms with van der Waals surface area (Å²) >= 11 is 23.2. The molecule has 1 saturated heterocycles. The van der Waals surface area contributed by atoms with E-state index in [1.165, 1.54) is 6.08 Å². The summed E-state index contributed by atoms with van der Waals surface area (Å²) in [6, 6.07) is 18.1. The summed E-state index contributed by atoms with van der Waals surface area (Å²) in [5.74, 6) is -0.489. The number of thiocarbonyl (C=S) groups is 1. The minimum Gasteiger partial charge on any atom is -0.488 e. The van der Waals surface area contributed by atoms with Crippen molar-refractivity contribution in [3.05, 3.63) is 95.5 Å². The van der Waals surface area contributed by atoms with Gasteiger partial charge in [-0.25, -0.2) is 0 Å². The topological polar surface area (TPSA) is 58.6 Å². The molecule has 1 heterocycles. The highest BCUT2D eigenvalue weighted by atomic mass is 127. The van der Waals surface area contributed by atoms with E-state index in [2.05, 4.69) is 43.8 Å². The zero-order valence-electron chi connectivity index (χ0n) is 17.2. The molecule has 0 spiro atoms. The Balaban J connectivity index is 1.58. The summed E-state index contributed by atoms with van der Waals surface area (Å²) in [7, 11) is 0. The summed E-state index contributed by atoms with van der Waals surface area (Å²) in [5.41, 5.74) is 1.90. The lowest BCUT2D eigenvalue weighted by molar-refractivity contribution is -0.122. The SMILES string of the molecule is O=C1NC(=S)N(c2cccc(Cl)c2Cl)C(=O)/C1=C/c1ccc(OCc2ccc(Br)cc2)c(I)c1. The van der Waals surface area contributed by atoms with Crippen molar-refractivity contribution >= 4 is 103 Å². The standard InChI is InChI=1S/C24H14BrCl2IN2O3S/c25-15-7-4-13(5-8-15)12-33-20-9-6-14(11-18(20)28)10-16-22(31)29-24(34)30(23(16)32)19-3-1-2-17(26)21(19)27/h1-11H,12H2,(H,29,31,34)/b16-10+. The molecular weight excluding hydrogens is 674 g/mol. The van der Waals surface area contributed by atoms with Crippen molar-refractivity contribution in [3.8, 4) is 5.75 Å². The molecule has 1 N–H and O–H groups in total. The van der Waals surface area contributed by atoms with Gasteiger partial charge in [-0.15, -0.1) is 0 Å². The number of anilines is 1. The summed E-state index contributed by atoms with van der Waals surface area (Å²) in [6.45, 7) is 0.414. The van der Waals surface area contributed by atoms with Gasteiger partial charge in [-0.1, -0.05) is 63.4 Å². The molecule has 0 aliphatic carbocycles. The largest absolute Gasteiger partial charge is 0.488 e. The third-order valence-corrected chi connectivity index (χ3v) is 7.31. The number of rotatable bonds is 5. The molecule has 5 nitrogen and oxygen atoms in total. The molecule has 2 amide bonds. The molecule has 0 aromatic heterocycles. The molecular formula is C24H14BrCl2IN2O3S. The van der Waals surface area contributed by atoms with Gasteiger partial charge in [0.15, 0.2) is 5.11 Å². The first-order valence-corrected chi connectivity index (χ1v) is 12.8. The van der Waals surface area contributed by atoms with E-state index in [0.717, 1.165) is 18.5 Å². The number of amides is 2. The van der Waals surface area contributed by atoms with Gasteiger partial charge >= 0.3 is 0 Å². The number of halogens is 4. The molecule has 1 aliphatic heterocycles. The maximum Gasteiger partial charge on any atom is 0.270 e. The molecule has 172 valence electrons. The maximum absolute atomic E-state index is 13.2. The minimum absolute atomic E-state index is 0.0670. The van der Waals surface area contributed by atoms with Crippen LogP contribution in [0.2, 0.25) is 10.0 Å². The first kappa shape index (κ1) is 25.1. The van der Waals surface area contributed by atoms with E-state index in [0.29, 0.717) is 23.6 Å². The van der Waals surface area contributed by atoms with Gasteiger partial charge in [-0.2, -0.15) is 0 Å². The number of nitrogens with zero attached hydrogens (tertiary/aromatic N) is 1. The van der Waals surface area contributed by atoms with Gasteiger partial charge < -0.3 is 4.74 Å². The molecule has 0 saturated carbocycles. The van der Waals surface area contributed by atoms with Crippen LogP contribution in [0.3, 0.4) is 0 Å². The average Bonchev–Trinajstić information content (AvgIpc) is 2.80. The molecule has 10 heteroatoms. The predicted octanol–water partition coefficient (Wildman–Crippen LogP) is 6.77. The van der Waals surface area contributed by atoms with Crippen LogP contribution in [0.15, 0.2) is 70.7 Å². The van der Waals surface area contributed by atoms with E-state index in [-0.39, 0.29) is 20.7 Å². The fraction of sp³-hybridized carbons (Fsp3) is 0.0417. The van der Waals surface area contributed by atoms with E-state index in [1.54, 1.807) is 30.3 Å². The van der Waals surface area contributed by atoms with Crippen LogP contribution in [-0.4, -0.2) is 16.9 Å². The van der Waals surface area contributed by atoms with Gasteiger partial charge in [-0.3, -0.25) is 19.8 Å². The molecule has 1 aliphatic rings. The zero-order chi connectivity index (χ0) is 24.4. The quantitative estimate of drug-likeness (QED) is 0.139. The Labute approximate surface area is 233 Å². The first-order chi connectivity index (χ1) is 16.2. The van der Waals surface area contributed by atoms with E-state index in [9.17, 15) is 9.59 Å². The van der Waals surface area contributed by atoms with Crippen LogP contribution >= 0.6 is 73.9 Å². The highest BCUT2D eigenvalue weighted by molar-refractivity contribution is 14.1. The Bertz CT molecular complexity index is 1350. The Hall–Kier alpha value is -1.98. The van der Waals surface area contributed by atoms with E-state index >= 15 is 0 Å². The number of carbonyl (C=O) groups is 2. The van der Waals surface area contributed by atoms with Crippen LogP contribution < -0.4 is 15.0 Å². The molecule has 4 rings (SSSR count). The van der Waals surface area contributed by atoms with Crippen molar-refractivity contribution in [3.63, 3.8) is 0 Å². The van der Waals surface area contributed by atoms with Crippen molar-refractivity contribution in [1.82, 2.24) is 5.32 Å². The number of hydrogen-bond acceptors (Lipinski definition) is 4. The Kier molecular flexibility index (Phi) is 7.94. The van der Waals surface area contributed by atoms with E-state index in [4.69, 9.17) is 40.2 Å². The molecule has 3 aromatic rings. The lowest BCUT2D eigenvalue weighted by Gasteiger charge is -2.29. The summed E-state index contributed by atoms with van der Waals surface area (Å²) in [6.07, 6.45) is 1.51. The van der Waals surface area contributed by atoms with Gasteiger partial charge in [0.1, 0.15) is 17.9 Å². The van der Waals surface area contributed by atoms with Crippen molar-refractivity contribution < 1.29 is 14.3 Å². The smallest absolute Gasteiger partial charge is 0.270 e. The van der Waals surface area contributed by atoms with Gasteiger partial charge in [-0.05, 0) is 88.4 Å². The summed E-state index contributed by atoms with van der Waals surface area (Å²) < 4.78 is 7.75. The Morgan fingerprint density at radius 2 is 1.82 bits per heavy atom. The third-order valence-electron chi connectivity index (χ3n) is 4.85.